The molecule has 1 heterocycles. The standard InChI is InChI=1S/C8H16N4O/c1-3-8(2,6(9)13)12-7-10-4-5-11-7/h3-5H2,1-2H3,(H2,9,13)(H2,10,11,12). The van der Waals surface area contributed by atoms with Gasteiger partial charge in [0.05, 0.1) is 6.54 Å². The van der Waals surface area contributed by atoms with E-state index in [0.717, 1.165) is 13.1 Å². The molecule has 5 nitrogen and oxygen atoms in total. The van der Waals surface area contributed by atoms with Gasteiger partial charge < -0.3 is 16.4 Å². The maximum atomic E-state index is 11.1. The molecular weight excluding hydrogens is 168 g/mol. The van der Waals surface area contributed by atoms with Gasteiger partial charge in [0.25, 0.3) is 0 Å². The molecule has 1 rings (SSSR count). The lowest BCUT2D eigenvalue weighted by Crippen LogP contribution is -2.57. The summed E-state index contributed by atoms with van der Waals surface area (Å²) in [6.45, 7) is 5.26. The van der Waals surface area contributed by atoms with Crippen LogP contribution in [0.1, 0.15) is 20.3 Å². The Morgan fingerprint density at radius 1 is 1.85 bits per heavy atom. The molecule has 0 saturated carbocycles. The van der Waals surface area contributed by atoms with Crippen LogP contribution in [-0.2, 0) is 4.79 Å². The Kier molecular flexibility index (Phi) is 2.75. The van der Waals surface area contributed by atoms with Gasteiger partial charge in [-0.05, 0) is 13.3 Å². The van der Waals surface area contributed by atoms with Crippen molar-refractivity contribution >= 4 is 11.9 Å². The van der Waals surface area contributed by atoms with Crippen LogP contribution in [0.15, 0.2) is 4.99 Å². The van der Waals surface area contributed by atoms with Gasteiger partial charge in [-0.3, -0.25) is 9.79 Å². The van der Waals surface area contributed by atoms with Crippen LogP contribution in [-0.4, -0.2) is 30.5 Å². The Labute approximate surface area is 77.8 Å². The van der Waals surface area contributed by atoms with Crippen molar-refractivity contribution in [3.8, 4) is 0 Å². The average molecular weight is 184 g/mol. The zero-order valence-electron chi connectivity index (χ0n) is 8.05. The van der Waals surface area contributed by atoms with Gasteiger partial charge in [0, 0.05) is 6.54 Å². The largest absolute Gasteiger partial charge is 0.368 e. The Morgan fingerprint density at radius 3 is 2.92 bits per heavy atom. The van der Waals surface area contributed by atoms with Crippen LogP contribution in [0.5, 0.6) is 0 Å². The lowest BCUT2D eigenvalue weighted by Gasteiger charge is -2.26. The van der Waals surface area contributed by atoms with Gasteiger partial charge in [-0.2, -0.15) is 0 Å². The van der Waals surface area contributed by atoms with Crippen LogP contribution in [0.4, 0.5) is 0 Å². The molecular formula is C8H16N4O. The highest BCUT2D eigenvalue weighted by Crippen LogP contribution is 2.07. The summed E-state index contributed by atoms with van der Waals surface area (Å²) in [5.41, 5.74) is 4.58. The summed E-state index contributed by atoms with van der Waals surface area (Å²) in [7, 11) is 0. The maximum Gasteiger partial charge on any atom is 0.242 e. The molecule has 74 valence electrons. The van der Waals surface area contributed by atoms with Crippen molar-refractivity contribution < 1.29 is 4.79 Å². The summed E-state index contributed by atoms with van der Waals surface area (Å²) in [6, 6.07) is 0. The van der Waals surface area contributed by atoms with Crippen molar-refractivity contribution in [2.24, 2.45) is 10.7 Å². The number of nitrogens with zero attached hydrogens (tertiary/aromatic N) is 1. The second kappa shape index (κ2) is 3.64. The normalized spacial score (nSPS) is 20.0. The van der Waals surface area contributed by atoms with Gasteiger partial charge >= 0.3 is 0 Å². The molecule has 1 atom stereocenters. The molecule has 1 aliphatic heterocycles. The quantitative estimate of drug-likeness (QED) is 0.536. The van der Waals surface area contributed by atoms with Gasteiger partial charge in [-0.15, -0.1) is 0 Å². The molecule has 5 heteroatoms. The van der Waals surface area contributed by atoms with E-state index in [9.17, 15) is 4.79 Å². The monoisotopic (exact) mass is 184 g/mol. The molecule has 0 radical (unpaired) electrons. The smallest absolute Gasteiger partial charge is 0.242 e. The first-order chi connectivity index (χ1) is 6.08. The predicted octanol–water partition coefficient (Wildman–Crippen LogP) is -0.811. The van der Waals surface area contributed by atoms with Gasteiger partial charge in [-0.1, -0.05) is 6.92 Å². The Balaban J connectivity index is 2.62. The van der Waals surface area contributed by atoms with Crippen molar-refractivity contribution in [1.82, 2.24) is 10.6 Å². The molecule has 1 amide bonds. The summed E-state index contributed by atoms with van der Waals surface area (Å²) in [5.74, 6) is 0.314. The topological polar surface area (TPSA) is 79.5 Å². The van der Waals surface area contributed by atoms with Crippen molar-refractivity contribution in [3.05, 3.63) is 0 Å². The molecule has 0 spiro atoms. The third kappa shape index (κ3) is 2.11. The van der Waals surface area contributed by atoms with E-state index in [1.54, 1.807) is 6.92 Å². The summed E-state index contributed by atoms with van der Waals surface area (Å²) < 4.78 is 0. The van der Waals surface area contributed by atoms with Crippen LogP contribution < -0.4 is 16.4 Å². The number of nitrogens with one attached hydrogen (secondary N) is 2. The predicted molar refractivity (Wildman–Crippen MR) is 51.3 cm³/mol. The number of hydrogen-bond acceptors (Lipinski definition) is 4. The summed E-state index contributed by atoms with van der Waals surface area (Å²) >= 11 is 0. The minimum Gasteiger partial charge on any atom is -0.368 e. The van der Waals surface area contributed by atoms with Crippen molar-refractivity contribution in [3.63, 3.8) is 0 Å². The SMILES string of the molecule is CCC(C)(NC1=NCCN1)C(N)=O. The van der Waals surface area contributed by atoms with Gasteiger partial charge in [0.2, 0.25) is 5.91 Å². The lowest BCUT2D eigenvalue weighted by molar-refractivity contribution is -0.123. The van der Waals surface area contributed by atoms with E-state index in [1.807, 2.05) is 6.92 Å². The van der Waals surface area contributed by atoms with Crippen LogP contribution in [0, 0.1) is 0 Å². The number of aliphatic imine (C=N–C) groups is 1. The summed E-state index contributed by atoms with van der Waals surface area (Å²) in [5, 5.41) is 6.04. The number of hydrogen-bond donors (Lipinski definition) is 3. The maximum absolute atomic E-state index is 11.1. The van der Waals surface area contributed by atoms with Crippen LogP contribution >= 0.6 is 0 Å². The molecule has 0 fully saturated rings. The molecule has 0 aliphatic carbocycles. The lowest BCUT2D eigenvalue weighted by atomic mass is 9.98. The van der Waals surface area contributed by atoms with Crippen molar-refractivity contribution in [2.75, 3.05) is 13.1 Å². The van der Waals surface area contributed by atoms with E-state index in [1.165, 1.54) is 0 Å². The van der Waals surface area contributed by atoms with E-state index in [-0.39, 0.29) is 5.91 Å². The molecule has 0 saturated heterocycles. The molecule has 0 aromatic rings. The number of carbonyl (C=O) groups is 1. The first-order valence-electron chi connectivity index (χ1n) is 4.45. The number of guanidine groups is 1. The van der Waals surface area contributed by atoms with E-state index in [4.69, 9.17) is 5.73 Å². The Hall–Kier alpha value is -1.26. The van der Waals surface area contributed by atoms with Crippen molar-refractivity contribution in [2.45, 2.75) is 25.8 Å². The molecule has 0 bridgehead atoms. The van der Waals surface area contributed by atoms with Crippen LogP contribution in [0.25, 0.3) is 0 Å². The number of nitrogens with two attached hydrogens (primary N) is 1. The first-order valence-corrected chi connectivity index (χ1v) is 4.45. The van der Waals surface area contributed by atoms with E-state index >= 15 is 0 Å². The zero-order chi connectivity index (χ0) is 9.90. The van der Waals surface area contributed by atoms with Crippen LogP contribution in [0.3, 0.4) is 0 Å². The molecule has 1 aliphatic rings. The highest BCUT2D eigenvalue weighted by molar-refractivity contribution is 5.91. The van der Waals surface area contributed by atoms with Crippen molar-refractivity contribution in [1.29, 1.82) is 0 Å². The Bertz CT molecular complexity index is 238. The fourth-order valence-electron chi connectivity index (χ4n) is 1.07. The number of carbonyl (C=O) groups excluding carboxylic acids is 1. The number of amides is 1. The third-order valence-electron chi connectivity index (χ3n) is 2.32. The molecule has 0 aromatic heterocycles. The van der Waals surface area contributed by atoms with E-state index < -0.39 is 5.54 Å². The number of primary amides is 1. The fourth-order valence-corrected chi connectivity index (χ4v) is 1.07. The highest BCUT2D eigenvalue weighted by Gasteiger charge is 2.30. The fraction of sp³-hybridized carbons (Fsp3) is 0.750. The van der Waals surface area contributed by atoms with Gasteiger partial charge in [0.1, 0.15) is 5.54 Å². The highest BCUT2D eigenvalue weighted by atomic mass is 16.1. The van der Waals surface area contributed by atoms with Crippen LogP contribution in [0.2, 0.25) is 0 Å². The number of rotatable bonds is 3. The first kappa shape index (κ1) is 9.83. The molecule has 0 aromatic carbocycles. The van der Waals surface area contributed by atoms with Gasteiger partial charge in [-0.25, -0.2) is 0 Å². The minimum atomic E-state index is -0.698. The average Bonchev–Trinajstić information content (AvgIpc) is 2.56. The van der Waals surface area contributed by atoms with Gasteiger partial charge in [0.15, 0.2) is 5.96 Å². The second-order valence-electron chi connectivity index (χ2n) is 3.33. The minimum absolute atomic E-state index is 0.355. The zero-order valence-corrected chi connectivity index (χ0v) is 8.05. The van der Waals surface area contributed by atoms with E-state index in [2.05, 4.69) is 15.6 Å². The molecule has 4 N–H and O–H groups in total. The molecule has 1 unspecified atom stereocenters. The second-order valence-corrected chi connectivity index (χ2v) is 3.33. The molecule has 13 heavy (non-hydrogen) atoms. The summed E-state index contributed by atoms with van der Waals surface area (Å²) in [6.07, 6.45) is 0.642. The third-order valence-corrected chi connectivity index (χ3v) is 2.32. The van der Waals surface area contributed by atoms with E-state index in [0.29, 0.717) is 12.4 Å². The Morgan fingerprint density at radius 2 is 2.54 bits per heavy atom. The summed E-state index contributed by atoms with van der Waals surface area (Å²) in [4.78, 5) is 15.3.